The molecule has 1 heterocycles. The first kappa shape index (κ1) is 14.0. The molecule has 0 amide bonds. The normalized spacial score (nSPS) is 12.7. The number of benzene rings is 1. The van der Waals surface area contributed by atoms with E-state index in [1.165, 1.54) is 6.07 Å². The Morgan fingerprint density at radius 3 is 2.78 bits per heavy atom. The minimum Gasteiger partial charge on any atom is -0.306 e. The van der Waals surface area contributed by atoms with Crippen molar-refractivity contribution < 1.29 is 4.39 Å². The van der Waals surface area contributed by atoms with Crippen LogP contribution in [0.15, 0.2) is 33.4 Å². The molecule has 0 fully saturated rings. The van der Waals surface area contributed by atoms with Crippen LogP contribution >= 0.6 is 38.9 Å². The van der Waals surface area contributed by atoms with Crippen LogP contribution in [-0.2, 0) is 0 Å². The molecule has 0 radical (unpaired) electrons. The van der Waals surface area contributed by atoms with Crippen molar-refractivity contribution in [1.29, 1.82) is 0 Å². The molecule has 1 N–H and O–H groups in total. The molecule has 18 heavy (non-hydrogen) atoms. The molecule has 0 aliphatic rings. The van der Waals surface area contributed by atoms with Gasteiger partial charge in [0.25, 0.3) is 0 Å². The van der Waals surface area contributed by atoms with Gasteiger partial charge in [0.05, 0.1) is 9.83 Å². The molecule has 1 unspecified atom stereocenters. The highest BCUT2D eigenvalue weighted by atomic mass is 79.9. The zero-order chi connectivity index (χ0) is 13.1. The molecule has 0 saturated heterocycles. The van der Waals surface area contributed by atoms with Crippen molar-refractivity contribution >= 4 is 38.9 Å². The average Bonchev–Trinajstić information content (AvgIpc) is 2.73. The van der Waals surface area contributed by atoms with Crippen molar-refractivity contribution in [3.05, 3.63) is 55.4 Å². The Morgan fingerprint density at radius 1 is 1.44 bits per heavy atom. The van der Waals surface area contributed by atoms with E-state index in [1.807, 2.05) is 18.4 Å². The zero-order valence-electron chi connectivity index (χ0n) is 9.71. The van der Waals surface area contributed by atoms with Gasteiger partial charge in [-0.25, -0.2) is 4.39 Å². The van der Waals surface area contributed by atoms with Crippen molar-refractivity contribution in [3.63, 3.8) is 0 Å². The van der Waals surface area contributed by atoms with E-state index < -0.39 is 0 Å². The van der Waals surface area contributed by atoms with Crippen LogP contribution in [0.25, 0.3) is 0 Å². The summed E-state index contributed by atoms with van der Waals surface area (Å²) in [5, 5.41) is 5.73. The molecular formula is C13H12BrClFNS. The Morgan fingerprint density at radius 2 is 2.22 bits per heavy atom. The second kappa shape index (κ2) is 6.15. The summed E-state index contributed by atoms with van der Waals surface area (Å²) in [7, 11) is 0. The number of nitrogens with one attached hydrogen (secondary N) is 1. The Hall–Kier alpha value is -0.420. The molecule has 0 aliphatic carbocycles. The van der Waals surface area contributed by atoms with Gasteiger partial charge in [0, 0.05) is 10.6 Å². The van der Waals surface area contributed by atoms with Gasteiger partial charge in [0.2, 0.25) is 0 Å². The van der Waals surface area contributed by atoms with Gasteiger partial charge in [-0.3, -0.25) is 0 Å². The fourth-order valence-electron chi connectivity index (χ4n) is 1.82. The molecule has 0 saturated carbocycles. The van der Waals surface area contributed by atoms with E-state index >= 15 is 0 Å². The Balaban J connectivity index is 2.41. The summed E-state index contributed by atoms with van der Waals surface area (Å²) in [6.45, 7) is 2.77. The molecule has 0 bridgehead atoms. The molecule has 1 atom stereocenters. The number of hydrogen-bond donors (Lipinski definition) is 1. The van der Waals surface area contributed by atoms with Crippen LogP contribution in [0.3, 0.4) is 0 Å². The van der Waals surface area contributed by atoms with E-state index in [0.29, 0.717) is 10.6 Å². The molecule has 2 aromatic rings. The van der Waals surface area contributed by atoms with Crippen LogP contribution in [0.1, 0.15) is 24.1 Å². The van der Waals surface area contributed by atoms with Gasteiger partial charge in [-0.05, 0) is 51.6 Å². The van der Waals surface area contributed by atoms with Gasteiger partial charge in [-0.15, -0.1) is 11.3 Å². The van der Waals surface area contributed by atoms with Crippen molar-refractivity contribution in [1.82, 2.24) is 5.32 Å². The van der Waals surface area contributed by atoms with Crippen LogP contribution in [0.5, 0.6) is 0 Å². The summed E-state index contributed by atoms with van der Waals surface area (Å²) < 4.78 is 15.0. The first-order valence-electron chi connectivity index (χ1n) is 5.54. The Bertz CT molecular complexity index is 544. The second-order valence-electron chi connectivity index (χ2n) is 3.84. The third kappa shape index (κ3) is 3.12. The van der Waals surface area contributed by atoms with E-state index in [1.54, 1.807) is 23.5 Å². The molecular weight excluding hydrogens is 337 g/mol. The lowest BCUT2D eigenvalue weighted by Gasteiger charge is -2.18. The van der Waals surface area contributed by atoms with Crippen LogP contribution in [-0.4, -0.2) is 6.54 Å². The number of rotatable bonds is 4. The minimum absolute atomic E-state index is 0.144. The summed E-state index contributed by atoms with van der Waals surface area (Å²) >= 11 is 10.8. The molecule has 0 aliphatic heterocycles. The molecule has 0 spiro atoms. The molecule has 96 valence electrons. The summed E-state index contributed by atoms with van der Waals surface area (Å²) in [6, 6.07) is 6.66. The minimum atomic E-state index is -0.282. The number of thiophene rings is 1. The SMILES string of the molecule is CCNC(c1csc(Br)c1)c1ccc(Cl)cc1F. The lowest BCUT2D eigenvalue weighted by molar-refractivity contribution is 0.560. The van der Waals surface area contributed by atoms with Crippen LogP contribution in [0, 0.1) is 5.82 Å². The first-order chi connectivity index (χ1) is 8.61. The lowest BCUT2D eigenvalue weighted by Crippen LogP contribution is -2.22. The van der Waals surface area contributed by atoms with Crippen molar-refractivity contribution in [3.8, 4) is 0 Å². The predicted molar refractivity (Wildman–Crippen MR) is 78.9 cm³/mol. The number of halogens is 3. The standard InChI is InChI=1S/C13H12BrClFNS/c1-2-17-13(8-5-12(14)18-7-8)10-4-3-9(15)6-11(10)16/h3-7,13,17H,2H2,1H3. The Labute approximate surface area is 123 Å². The molecule has 1 nitrogen and oxygen atoms in total. The zero-order valence-corrected chi connectivity index (χ0v) is 12.9. The van der Waals surface area contributed by atoms with E-state index in [4.69, 9.17) is 11.6 Å². The van der Waals surface area contributed by atoms with Gasteiger partial charge in [-0.2, -0.15) is 0 Å². The van der Waals surface area contributed by atoms with Gasteiger partial charge in [-0.1, -0.05) is 24.6 Å². The summed E-state index contributed by atoms with van der Waals surface area (Å²) in [6.07, 6.45) is 0. The summed E-state index contributed by atoms with van der Waals surface area (Å²) in [4.78, 5) is 0. The molecule has 1 aromatic heterocycles. The van der Waals surface area contributed by atoms with Crippen LogP contribution in [0.2, 0.25) is 5.02 Å². The fourth-order valence-corrected chi connectivity index (χ4v) is 3.18. The molecule has 1 aromatic carbocycles. The van der Waals surface area contributed by atoms with E-state index in [2.05, 4.69) is 21.2 Å². The van der Waals surface area contributed by atoms with Crippen LogP contribution in [0.4, 0.5) is 4.39 Å². The second-order valence-corrected chi connectivity index (χ2v) is 6.57. The van der Waals surface area contributed by atoms with Gasteiger partial charge in [0.15, 0.2) is 0 Å². The summed E-state index contributed by atoms with van der Waals surface area (Å²) in [5.74, 6) is -0.282. The van der Waals surface area contributed by atoms with E-state index in [-0.39, 0.29) is 11.9 Å². The fraction of sp³-hybridized carbons (Fsp3) is 0.231. The van der Waals surface area contributed by atoms with Gasteiger partial charge in [0.1, 0.15) is 5.82 Å². The summed E-state index contributed by atoms with van der Waals surface area (Å²) in [5.41, 5.74) is 1.67. The van der Waals surface area contributed by atoms with Gasteiger partial charge >= 0.3 is 0 Å². The van der Waals surface area contributed by atoms with Crippen LogP contribution < -0.4 is 5.32 Å². The monoisotopic (exact) mass is 347 g/mol. The third-order valence-electron chi connectivity index (χ3n) is 2.60. The quantitative estimate of drug-likeness (QED) is 0.819. The maximum atomic E-state index is 14.0. The molecule has 2 rings (SSSR count). The largest absolute Gasteiger partial charge is 0.306 e. The lowest BCUT2D eigenvalue weighted by atomic mass is 10.0. The van der Waals surface area contributed by atoms with E-state index in [9.17, 15) is 4.39 Å². The third-order valence-corrected chi connectivity index (χ3v) is 4.36. The number of hydrogen-bond acceptors (Lipinski definition) is 2. The highest BCUT2D eigenvalue weighted by molar-refractivity contribution is 9.11. The maximum Gasteiger partial charge on any atom is 0.129 e. The topological polar surface area (TPSA) is 12.0 Å². The van der Waals surface area contributed by atoms with Gasteiger partial charge < -0.3 is 5.32 Å². The highest BCUT2D eigenvalue weighted by Gasteiger charge is 2.18. The average molecular weight is 349 g/mol. The smallest absolute Gasteiger partial charge is 0.129 e. The van der Waals surface area contributed by atoms with Crippen molar-refractivity contribution in [2.24, 2.45) is 0 Å². The maximum absolute atomic E-state index is 14.0. The predicted octanol–water partition coefficient (Wildman–Crippen LogP) is 5.00. The van der Waals surface area contributed by atoms with E-state index in [0.717, 1.165) is 15.9 Å². The molecule has 5 heteroatoms. The Kier molecular flexibility index (Phi) is 4.78. The highest BCUT2D eigenvalue weighted by Crippen LogP contribution is 2.31. The van der Waals surface area contributed by atoms with Crippen molar-refractivity contribution in [2.45, 2.75) is 13.0 Å². The van der Waals surface area contributed by atoms with Crippen molar-refractivity contribution in [2.75, 3.05) is 6.54 Å². The first-order valence-corrected chi connectivity index (χ1v) is 7.59.